The van der Waals surface area contributed by atoms with Gasteiger partial charge in [0.1, 0.15) is 0 Å². The SMILES string of the molecule is NC1CCC2CN(C(=O)CCc3ccc(Br)cc3)CC12. The molecule has 3 nitrogen and oxygen atoms in total. The molecule has 1 saturated carbocycles. The van der Waals surface area contributed by atoms with Gasteiger partial charge < -0.3 is 10.6 Å². The second-order valence-electron chi connectivity index (χ2n) is 6.09. The molecule has 1 heterocycles. The van der Waals surface area contributed by atoms with Crippen LogP contribution < -0.4 is 5.73 Å². The van der Waals surface area contributed by atoms with Crippen molar-refractivity contribution in [1.29, 1.82) is 0 Å². The van der Waals surface area contributed by atoms with Gasteiger partial charge in [0.05, 0.1) is 0 Å². The Morgan fingerprint density at radius 1 is 1.25 bits per heavy atom. The minimum atomic E-state index is 0.287. The Balaban J connectivity index is 1.52. The van der Waals surface area contributed by atoms with E-state index in [1.165, 1.54) is 12.0 Å². The summed E-state index contributed by atoms with van der Waals surface area (Å²) in [5, 5.41) is 0. The average Bonchev–Trinajstić information content (AvgIpc) is 3.01. The van der Waals surface area contributed by atoms with Crippen LogP contribution in [-0.2, 0) is 11.2 Å². The first kappa shape index (κ1) is 14.1. The van der Waals surface area contributed by atoms with E-state index in [2.05, 4.69) is 28.1 Å². The highest BCUT2D eigenvalue weighted by molar-refractivity contribution is 9.10. The summed E-state index contributed by atoms with van der Waals surface area (Å²) in [6, 6.07) is 8.51. The summed E-state index contributed by atoms with van der Waals surface area (Å²) >= 11 is 3.43. The van der Waals surface area contributed by atoms with Crippen LogP contribution >= 0.6 is 15.9 Å². The fourth-order valence-electron chi connectivity index (χ4n) is 3.57. The fourth-order valence-corrected chi connectivity index (χ4v) is 3.84. The van der Waals surface area contributed by atoms with Gasteiger partial charge in [0.25, 0.3) is 0 Å². The van der Waals surface area contributed by atoms with E-state index in [1.807, 2.05) is 17.0 Å². The summed E-state index contributed by atoms with van der Waals surface area (Å²) in [4.78, 5) is 14.3. The first-order chi connectivity index (χ1) is 9.63. The maximum absolute atomic E-state index is 12.3. The van der Waals surface area contributed by atoms with E-state index in [9.17, 15) is 4.79 Å². The van der Waals surface area contributed by atoms with Crippen molar-refractivity contribution in [3.05, 3.63) is 34.3 Å². The second-order valence-corrected chi connectivity index (χ2v) is 7.01. The number of halogens is 1. The molecule has 0 radical (unpaired) electrons. The molecule has 3 atom stereocenters. The van der Waals surface area contributed by atoms with E-state index in [0.29, 0.717) is 24.3 Å². The molecule has 4 heteroatoms. The zero-order chi connectivity index (χ0) is 14.1. The van der Waals surface area contributed by atoms with Crippen molar-refractivity contribution in [2.24, 2.45) is 17.6 Å². The molecule has 3 rings (SSSR count). The van der Waals surface area contributed by atoms with Gasteiger partial charge in [-0.1, -0.05) is 28.1 Å². The van der Waals surface area contributed by atoms with E-state index >= 15 is 0 Å². The lowest BCUT2D eigenvalue weighted by Crippen LogP contribution is -2.33. The highest BCUT2D eigenvalue weighted by Gasteiger charge is 2.42. The number of nitrogens with two attached hydrogens (primary N) is 1. The molecule has 3 unspecified atom stereocenters. The van der Waals surface area contributed by atoms with E-state index in [1.54, 1.807) is 0 Å². The van der Waals surface area contributed by atoms with E-state index in [-0.39, 0.29) is 5.91 Å². The summed E-state index contributed by atoms with van der Waals surface area (Å²) < 4.78 is 1.08. The van der Waals surface area contributed by atoms with Crippen LogP contribution in [0.5, 0.6) is 0 Å². The Morgan fingerprint density at radius 2 is 2.00 bits per heavy atom. The Kier molecular flexibility index (Phi) is 4.13. The molecular formula is C16H21BrN2O. The van der Waals surface area contributed by atoms with Gasteiger partial charge in [0.2, 0.25) is 5.91 Å². The molecule has 108 valence electrons. The number of amides is 1. The summed E-state index contributed by atoms with van der Waals surface area (Å²) in [6.07, 6.45) is 3.76. The highest BCUT2D eigenvalue weighted by atomic mass is 79.9. The maximum atomic E-state index is 12.3. The molecule has 2 fully saturated rings. The van der Waals surface area contributed by atoms with Gasteiger partial charge in [-0.3, -0.25) is 4.79 Å². The third-order valence-corrected chi connectivity index (χ3v) is 5.33. The average molecular weight is 337 g/mol. The molecule has 1 aromatic carbocycles. The minimum absolute atomic E-state index is 0.287. The number of carbonyl (C=O) groups excluding carboxylic acids is 1. The fraction of sp³-hybridized carbons (Fsp3) is 0.562. The molecule has 1 amide bonds. The lowest BCUT2D eigenvalue weighted by Gasteiger charge is -2.18. The lowest BCUT2D eigenvalue weighted by molar-refractivity contribution is -0.130. The standard InChI is InChI=1S/C16H21BrN2O/c17-13-5-1-11(2-6-13)3-8-16(20)19-9-12-4-7-15(18)14(12)10-19/h1-2,5-6,12,14-15H,3-4,7-10,18H2. The van der Waals surface area contributed by atoms with Crippen molar-refractivity contribution in [1.82, 2.24) is 4.90 Å². The number of rotatable bonds is 3. The van der Waals surface area contributed by atoms with Crippen LogP contribution in [0.1, 0.15) is 24.8 Å². The zero-order valence-corrected chi connectivity index (χ0v) is 13.2. The van der Waals surface area contributed by atoms with Gasteiger partial charge in [-0.15, -0.1) is 0 Å². The maximum Gasteiger partial charge on any atom is 0.222 e. The lowest BCUT2D eigenvalue weighted by atomic mass is 9.98. The Labute approximate surface area is 128 Å². The molecule has 1 saturated heterocycles. The quantitative estimate of drug-likeness (QED) is 0.922. The van der Waals surface area contributed by atoms with Crippen LogP contribution in [0.15, 0.2) is 28.7 Å². The molecule has 2 aliphatic rings. The van der Waals surface area contributed by atoms with E-state index in [4.69, 9.17) is 5.73 Å². The van der Waals surface area contributed by atoms with Crippen LogP contribution in [-0.4, -0.2) is 29.9 Å². The van der Waals surface area contributed by atoms with Gasteiger partial charge in [-0.25, -0.2) is 0 Å². The largest absolute Gasteiger partial charge is 0.342 e. The van der Waals surface area contributed by atoms with Crippen LogP contribution in [0.3, 0.4) is 0 Å². The summed E-state index contributed by atoms with van der Waals surface area (Å²) in [5.41, 5.74) is 7.34. The molecule has 0 bridgehead atoms. The number of benzene rings is 1. The van der Waals surface area contributed by atoms with Gasteiger partial charge in [0, 0.05) is 30.0 Å². The van der Waals surface area contributed by atoms with Gasteiger partial charge in [-0.05, 0) is 48.8 Å². The van der Waals surface area contributed by atoms with Gasteiger partial charge >= 0.3 is 0 Å². The molecule has 0 aromatic heterocycles. The van der Waals surface area contributed by atoms with Crippen LogP contribution in [0, 0.1) is 11.8 Å². The predicted octanol–water partition coefficient (Wildman–Crippen LogP) is 2.58. The summed E-state index contributed by atoms with van der Waals surface area (Å²) in [6.45, 7) is 1.81. The number of nitrogens with zero attached hydrogens (tertiary/aromatic N) is 1. The van der Waals surface area contributed by atoms with Crippen molar-refractivity contribution in [2.45, 2.75) is 31.7 Å². The first-order valence-electron chi connectivity index (χ1n) is 7.41. The Bertz CT molecular complexity index is 488. The number of hydrogen-bond donors (Lipinski definition) is 1. The third-order valence-electron chi connectivity index (χ3n) is 4.81. The number of carbonyl (C=O) groups is 1. The van der Waals surface area contributed by atoms with Crippen LogP contribution in [0.2, 0.25) is 0 Å². The van der Waals surface area contributed by atoms with Gasteiger partial charge in [-0.2, -0.15) is 0 Å². The third kappa shape index (κ3) is 2.91. The van der Waals surface area contributed by atoms with Crippen molar-refractivity contribution in [2.75, 3.05) is 13.1 Å². The van der Waals surface area contributed by atoms with Crippen molar-refractivity contribution in [3.8, 4) is 0 Å². The molecule has 0 spiro atoms. The number of likely N-dealkylation sites (tertiary alicyclic amines) is 1. The van der Waals surface area contributed by atoms with Crippen molar-refractivity contribution in [3.63, 3.8) is 0 Å². The predicted molar refractivity (Wildman–Crippen MR) is 83.2 cm³/mol. The Hall–Kier alpha value is -0.870. The molecule has 1 aliphatic heterocycles. The Morgan fingerprint density at radius 3 is 2.70 bits per heavy atom. The highest BCUT2D eigenvalue weighted by Crippen LogP contribution is 2.37. The first-order valence-corrected chi connectivity index (χ1v) is 8.20. The minimum Gasteiger partial charge on any atom is -0.342 e. The van der Waals surface area contributed by atoms with Crippen molar-refractivity contribution >= 4 is 21.8 Å². The summed E-state index contributed by atoms with van der Waals surface area (Å²) in [7, 11) is 0. The number of fused-ring (bicyclic) bond motifs is 1. The number of aryl methyl sites for hydroxylation is 1. The molecule has 1 aliphatic carbocycles. The van der Waals surface area contributed by atoms with Gasteiger partial charge in [0.15, 0.2) is 0 Å². The van der Waals surface area contributed by atoms with E-state index in [0.717, 1.165) is 30.4 Å². The summed E-state index contributed by atoms with van der Waals surface area (Å²) in [5.74, 6) is 1.49. The van der Waals surface area contributed by atoms with Crippen molar-refractivity contribution < 1.29 is 4.79 Å². The molecule has 1 aromatic rings. The smallest absolute Gasteiger partial charge is 0.222 e. The van der Waals surface area contributed by atoms with Crippen LogP contribution in [0.25, 0.3) is 0 Å². The molecule has 2 N–H and O–H groups in total. The zero-order valence-electron chi connectivity index (χ0n) is 11.6. The normalized spacial score (nSPS) is 28.7. The second kappa shape index (κ2) is 5.86. The molecular weight excluding hydrogens is 316 g/mol. The number of hydrogen-bond acceptors (Lipinski definition) is 2. The van der Waals surface area contributed by atoms with Crippen LogP contribution in [0.4, 0.5) is 0 Å². The van der Waals surface area contributed by atoms with E-state index < -0.39 is 0 Å². The molecule has 20 heavy (non-hydrogen) atoms. The monoisotopic (exact) mass is 336 g/mol. The topological polar surface area (TPSA) is 46.3 Å².